The number of phenols is 4. The van der Waals surface area contributed by atoms with Gasteiger partial charge in [0.25, 0.3) is 0 Å². The van der Waals surface area contributed by atoms with Crippen LogP contribution in [0.15, 0.2) is 60.9 Å². The normalized spacial score (nSPS) is 11.0. The van der Waals surface area contributed by atoms with Gasteiger partial charge >= 0.3 is 5.97 Å². The predicted octanol–water partition coefficient (Wildman–Crippen LogP) is -0.526. The van der Waals surface area contributed by atoms with Crippen molar-refractivity contribution in [1.82, 2.24) is 0 Å². The van der Waals surface area contributed by atoms with E-state index in [9.17, 15) is 25.2 Å². The molecule has 8 heteroatoms. The predicted molar refractivity (Wildman–Crippen MR) is 101 cm³/mol. The van der Waals surface area contributed by atoms with Gasteiger partial charge in [-0.25, -0.2) is 4.79 Å². The van der Waals surface area contributed by atoms with E-state index in [1.807, 2.05) is 0 Å². The average Bonchev–Trinajstić information content (AvgIpc) is 2.65. The summed E-state index contributed by atoms with van der Waals surface area (Å²) in [5.74, 6) is -2.01. The molecule has 0 bridgehead atoms. The monoisotopic (exact) mass is 459 g/mol. The first-order chi connectivity index (χ1) is 13.3. The third-order valence-electron chi connectivity index (χ3n) is 4.12. The van der Waals surface area contributed by atoms with E-state index in [1.165, 1.54) is 28.8 Å². The van der Waals surface area contributed by atoms with Crippen molar-refractivity contribution in [2.75, 3.05) is 0 Å². The average molecular weight is 460 g/mol. The summed E-state index contributed by atoms with van der Waals surface area (Å²) < 4.78 is 1.50. The highest BCUT2D eigenvalue weighted by Crippen LogP contribution is 2.33. The minimum Gasteiger partial charge on any atom is -1.00 e. The summed E-state index contributed by atoms with van der Waals surface area (Å²) >= 11 is 0. The number of aromatic hydroxyl groups is 4. The van der Waals surface area contributed by atoms with Crippen LogP contribution in [-0.4, -0.2) is 31.5 Å². The third-order valence-corrected chi connectivity index (χ3v) is 4.12. The Bertz CT molecular complexity index is 1060. The molecule has 0 fully saturated rings. The summed E-state index contributed by atoms with van der Waals surface area (Å²) in [6, 6.07) is 12.2. The fraction of sp³-hybridized carbons (Fsp3) is 0.0476. The lowest BCUT2D eigenvalue weighted by Gasteiger charge is -2.10. The smallest absolute Gasteiger partial charge is 0.370 e. The number of phenolic OH excluding ortho intramolecular Hbond substituents is 4. The van der Waals surface area contributed by atoms with Gasteiger partial charge in [0.1, 0.15) is 0 Å². The molecule has 5 N–H and O–H groups in total. The van der Waals surface area contributed by atoms with Gasteiger partial charge in [0.2, 0.25) is 6.54 Å². The summed E-state index contributed by atoms with van der Waals surface area (Å²) in [4.78, 5) is 10.9. The maximum absolute atomic E-state index is 10.9. The number of aliphatic carboxylic acids is 1. The minimum absolute atomic E-state index is 0. The second kappa shape index (κ2) is 9.11. The Morgan fingerprint density at radius 3 is 1.93 bits per heavy atom. The number of benzene rings is 2. The van der Waals surface area contributed by atoms with E-state index in [4.69, 9.17) is 5.11 Å². The number of pyridine rings is 1. The van der Waals surface area contributed by atoms with Gasteiger partial charge in [0, 0.05) is 12.1 Å². The SMILES string of the molecule is O=C(O)C[n+]1ccc(C(=Cc2ccc(O)c(O)c2)c2ccc(O)c(O)c2)cc1.[Br-]. The van der Waals surface area contributed by atoms with Crippen molar-refractivity contribution < 1.29 is 51.9 Å². The Morgan fingerprint density at radius 2 is 1.38 bits per heavy atom. The molecule has 7 nitrogen and oxygen atoms in total. The summed E-state index contributed by atoms with van der Waals surface area (Å²) in [7, 11) is 0. The molecule has 0 amide bonds. The molecule has 1 heterocycles. The highest BCUT2D eigenvalue weighted by atomic mass is 79.9. The minimum atomic E-state index is -0.962. The van der Waals surface area contributed by atoms with Gasteiger partial charge in [-0.15, -0.1) is 0 Å². The highest BCUT2D eigenvalue weighted by molar-refractivity contribution is 5.92. The third kappa shape index (κ3) is 5.26. The molecule has 0 aliphatic carbocycles. The largest absolute Gasteiger partial charge is 1.00 e. The maximum atomic E-state index is 10.9. The molecule has 0 aliphatic heterocycles. The second-order valence-electron chi connectivity index (χ2n) is 6.16. The molecule has 150 valence electrons. The van der Waals surface area contributed by atoms with Gasteiger partial charge in [0.05, 0.1) is 0 Å². The molecule has 1 aromatic heterocycles. The molecule has 0 atom stereocenters. The Balaban J connectivity index is 0.00000300. The van der Waals surface area contributed by atoms with E-state index >= 15 is 0 Å². The van der Waals surface area contributed by atoms with Gasteiger partial charge < -0.3 is 42.5 Å². The maximum Gasteiger partial charge on any atom is 0.370 e. The molecule has 0 saturated heterocycles. The van der Waals surface area contributed by atoms with E-state index in [0.717, 1.165) is 5.56 Å². The number of carboxylic acids is 1. The van der Waals surface area contributed by atoms with E-state index in [1.54, 1.807) is 42.7 Å². The number of hydrogen-bond acceptors (Lipinski definition) is 5. The molecule has 0 saturated carbocycles. The summed E-state index contributed by atoms with van der Waals surface area (Å²) in [5.41, 5.74) is 2.57. The van der Waals surface area contributed by atoms with Crippen molar-refractivity contribution in [3.63, 3.8) is 0 Å². The number of carboxylic acid groups (broad SMARTS) is 1. The molecule has 0 unspecified atom stereocenters. The van der Waals surface area contributed by atoms with Crippen molar-refractivity contribution in [1.29, 1.82) is 0 Å². The molecule has 2 aromatic carbocycles. The van der Waals surface area contributed by atoms with Gasteiger partial charge in [-0.3, -0.25) is 0 Å². The van der Waals surface area contributed by atoms with Crippen molar-refractivity contribution in [3.05, 3.63) is 77.6 Å². The lowest BCUT2D eigenvalue weighted by molar-refractivity contribution is -0.685. The molecule has 0 spiro atoms. The summed E-state index contributed by atoms with van der Waals surface area (Å²) in [6.07, 6.45) is 4.97. The zero-order valence-corrected chi connectivity index (χ0v) is 16.6. The van der Waals surface area contributed by atoms with Crippen LogP contribution in [0.3, 0.4) is 0 Å². The van der Waals surface area contributed by atoms with Crippen LogP contribution in [0.2, 0.25) is 0 Å². The summed E-state index contributed by atoms with van der Waals surface area (Å²) in [6.45, 7) is -0.175. The number of nitrogens with zero attached hydrogens (tertiary/aromatic N) is 1. The van der Waals surface area contributed by atoms with Crippen molar-refractivity contribution in [3.8, 4) is 23.0 Å². The Hall–Kier alpha value is -3.52. The fourth-order valence-corrected chi connectivity index (χ4v) is 2.72. The first-order valence-corrected chi connectivity index (χ1v) is 8.31. The Morgan fingerprint density at radius 1 is 0.793 bits per heavy atom. The van der Waals surface area contributed by atoms with Crippen LogP contribution in [0, 0.1) is 0 Å². The second-order valence-corrected chi connectivity index (χ2v) is 6.16. The van der Waals surface area contributed by atoms with Crippen molar-refractivity contribution in [2.24, 2.45) is 0 Å². The van der Waals surface area contributed by atoms with Gasteiger partial charge in [-0.2, -0.15) is 4.57 Å². The zero-order valence-electron chi connectivity index (χ0n) is 15.0. The number of rotatable bonds is 5. The number of hydrogen-bond donors (Lipinski definition) is 5. The van der Waals surface area contributed by atoms with Crippen LogP contribution in [0.4, 0.5) is 0 Å². The first-order valence-electron chi connectivity index (χ1n) is 8.31. The van der Waals surface area contributed by atoms with E-state index < -0.39 is 5.97 Å². The summed E-state index contributed by atoms with van der Waals surface area (Å²) in [5, 5.41) is 47.6. The van der Waals surface area contributed by atoms with E-state index in [2.05, 4.69) is 0 Å². The highest BCUT2D eigenvalue weighted by Gasteiger charge is 2.12. The molecule has 3 aromatic rings. The van der Waals surface area contributed by atoms with Gasteiger partial charge in [0.15, 0.2) is 35.4 Å². The Kier molecular flexibility index (Phi) is 6.84. The van der Waals surface area contributed by atoms with Crippen molar-refractivity contribution >= 4 is 17.6 Å². The fourth-order valence-electron chi connectivity index (χ4n) is 2.72. The van der Waals surface area contributed by atoms with Crippen LogP contribution < -0.4 is 21.5 Å². The van der Waals surface area contributed by atoms with Crippen LogP contribution in [0.1, 0.15) is 16.7 Å². The molecule has 3 rings (SSSR count). The van der Waals surface area contributed by atoms with Crippen LogP contribution >= 0.6 is 0 Å². The molecule has 0 radical (unpaired) electrons. The zero-order chi connectivity index (χ0) is 20.3. The Labute approximate surface area is 176 Å². The first kappa shape index (κ1) is 21.8. The van der Waals surface area contributed by atoms with E-state index in [0.29, 0.717) is 16.7 Å². The molecular formula is C21H18BrNO6. The number of aromatic nitrogens is 1. The molecule has 29 heavy (non-hydrogen) atoms. The van der Waals surface area contributed by atoms with Gasteiger partial charge in [-0.1, -0.05) is 12.1 Å². The number of halogens is 1. The van der Waals surface area contributed by atoms with Crippen LogP contribution in [0.5, 0.6) is 23.0 Å². The molecule has 0 aliphatic rings. The molecular weight excluding hydrogens is 442 g/mol. The quantitative estimate of drug-likeness (QED) is 0.198. The topological polar surface area (TPSA) is 122 Å². The number of carbonyl (C=O) groups is 1. The van der Waals surface area contributed by atoms with E-state index in [-0.39, 0.29) is 46.5 Å². The lowest BCUT2D eigenvalue weighted by atomic mass is 9.96. The standard InChI is InChI=1S/C21H17NO6.BrH/c23-17-3-1-13(10-19(17)25)9-16(15-2-4-18(24)20(26)11-15)14-5-7-22(8-6-14)12-21(27)28;/h1-11H,12H2,(H4,24,25,26,27,28);1H. The van der Waals surface area contributed by atoms with Crippen molar-refractivity contribution in [2.45, 2.75) is 6.54 Å². The lowest BCUT2D eigenvalue weighted by Crippen LogP contribution is -3.00. The van der Waals surface area contributed by atoms with Crippen LogP contribution in [-0.2, 0) is 11.3 Å². The van der Waals surface area contributed by atoms with Gasteiger partial charge in [-0.05, 0) is 52.6 Å². The van der Waals surface area contributed by atoms with Crippen LogP contribution in [0.25, 0.3) is 11.6 Å².